The van der Waals surface area contributed by atoms with Gasteiger partial charge in [-0.15, -0.1) is 0 Å². The monoisotopic (exact) mass is 281 g/mol. The van der Waals surface area contributed by atoms with Gasteiger partial charge in [0.1, 0.15) is 5.75 Å². The Morgan fingerprint density at radius 1 is 1.10 bits per heavy atom. The molecule has 1 aliphatic rings. The predicted molar refractivity (Wildman–Crippen MR) is 88.7 cm³/mol. The molecule has 0 radical (unpaired) electrons. The van der Waals surface area contributed by atoms with E-state index in [-0.39, 0.29) is 0 Å². The van der Waals surface area contributed by atoms with Crippen LogP contribution in [-0.2, 0) is 6.54 Å². The Balaban J connectivity index is 1.60. The molecule has 0 saturated carbocycles. The third kappa shape index (κ3) is 3.64. The second kappa shape index (κ2) is 6.77. The number of benzene rings is 2. The molecule has 21 heavy (non-hydrogen) atoms. The number of allylic oxidation sites excluding steroid dienone is 2. The lowest BCUT2D eigenvalue weighted by molar-refractivity contribution is 0.415. The number of methoxy groups -OCH3 is 1. The van der Waals surface area contributed by atoms with Gasteiger partial charge in [-0.3, -0.25) is 0 Å². The first kappa shape index (κ1) is 14.2. The SMILES string of the molecule is COc1ccc2cc(CNCC3CC=CCC3)ccc2c1. The normalized spacial score (nSPS) is 18.0. The Hall–Kier alpha value is -1.80. The highest BCUT2D eigenvalue weighted by Crippen LogP contribution is 2.22. The van der Waals surface area contributed by atoms with E-state index >= 15 is 0 Å². The second-order valence-electron chi connectivity index (χ2n) is 5.83. The zero-order valence-electron chi connectivity index (χ0n) is 12.6. The zero-order chi connectivity index (χ0) is 14.5. The second-order valence-corrected chi connectivity index (χ2v) is 5.83. The summed E-state index contributed by atoms with van der Waals surface area (Å²) in [7, 11) is 1.71. The topological polar surface area (TPSA) is 21.3 Å². The van der Waals surface area contributed by atoms with E-state index in [1.54, 1.807) is 7.11 Å². The van der Waals surface area contributed by atoms with Crippen LogP contribution in [-0.4, -0.2) is 13.7 Å². The molecule has 0 aliphatic heterocycles. The third-order valence-corrected chi connectivity index (χ3v) is 4.25. The molecule has 110 valence electrons. The molecule has 2 aromatic carbocycles. The lowest BCUT2D eigenvalue weighted by Crippen LogP contribution is -2.23. The van der Waals surface area contributed by atoms with Crippen molar-refractivity contribution in [2.24, 2.45) is 5.92 Å². The molecule has 1 unspecified atom stereocenters. The van der Waals surface area contributed by atoms with Crippen molar-refractivity contribution in [3.05, 3.63) is 54.1 Å². The van der Waals surface area contributed by atoms with Crippen molar-refractivity contribution in [3.8, 4) is 5.75 Å². The predicted octanol–water partition coefficient (Wildman–Crippen LogP) is 4.29. The molecule has 0 bridgehead atoms. The Morgan fingerprint density at radius 3 is 2.76 bits per heavy atom. The van der Waals surface area contributed by atoms with Gasteiger partial charge in [0, 0.05) is 6.54 Å². The molecule has 2 aromatic rings. The number of rotatable bonds is 5. The summed E-state index contributed by atoms with van der Waals surface area (Å²) in [6.45, 7) is 2.06. The van der Waals surface area contributed by atoms with E-state index in [2.05, 4.69) is 47.8 Å². The summed E-state index contributed by atoms with van der Waals surface area (Å²) in [6, 6.07) is 12.9. The first-order chi connectivity index (χ1) is 10.3. The first-order valence-corrected chi connectivity index (χ1v) is 7.77. The molecular formula is C19H23NO. The molecule has 1 atom stereocenters. The summed E-state index contributed by atoms with van der Waals surface area (Å²) in [5.74, 6) is 1.72. The number of ether oxygens (including phenoxy) is 1. The lowest BCUT2D eigenvalue weighted by Gasteiger charge is -2.18. The lowest BCUT2D eigenvalue weighted by atomic mass is 9.94. The summed E-state index contributed by atoms with van der Waals surface area (Å²) in [6.07, 6.45) is 8.41. The fourth-order valence-corrected chi connectivity index (χ4v) is 2.97. The van der Waals surface area contributed by atoms with Gasteiger partial charge in [0.15, 0.2) is 0 Å². The van der Waals surface area contributed by atoms with Gasteiger partial charge in [-0.25, -0.2) is 0 Å². The average Bonchev–Trinajstić information content (AvgIpc) is 2.55. The van der Waals surface area contributed by atoms with Gasteiger partial charge in [0.25, 0.3) is 0 Å². The third-order valence-electron chi connectivity index (χ3n) is 4.25. The van der Waals surface area contributed by atoms with Gasteiger partial charge < -0.3 is 10.1 Å². The average molecular weight is 281 g/mol. The summed E-state index contributed by atoms with van der Waals surface area (Å²) in [5.41, 5.74) is 1.35. The van der Waals surface area contributed by atoms with Crippen LogP contribution in [0.25, 0.3) is 10.8 Å². The summed E-state index contributed by atoms with van der Waals surface area (Å²) < 4.78 is 5.27. The van der Waals surface area contributed by atoms with Crippen molar-refractivity contribution in [1.29, 1.82) is 0 Å². The van der Waals surface area contributed by atoms with E-state index in [1.165, 1.54) is 35.6 Å². The van der Waals surface area contributed by atoms with Gasteiger partial charge in [0.2, 0.25) is 0 Å². The smallest absolute Gasteiger partial charge is 0.119 e. The number of hydrogen-bond donors (Lipinski definition) is 1. The quantitative estimate of drug-likeness (QED) is 0.825. The summed E-state index contributed by atoms with van der Waals surface area (Å²) in [5, 5.41) is 6.11. The van der Waals surface area contributed by atoms with Crippen molar-refractivity contribution in [2.45, 2.75) is 25.8 Å². The molecule has 2 nitrogen and oxygen atoms in total. The van der Waals surface area contributed by atoms with E-state index in [0.29, 0.717) is 0 Å². The molecule has 0 amide bonds. The molecule has 0 saturated heterocycles. The van der Waals surface area contributed by atoms with Gasteiger partial charge in [0.05, 0.1) is 7.11 Å². The largest absolute Gasteiger partial charge is 0.497 e. The molecule has 2 heteroatoms. The van der Waals surface area contributed by atoms with Crippen molar-refractivity contribution >= 4 is 10.8 Å². The molecule has 0 fully saturated rings. The van der Waals surface area contributed by atoms with Crippen LogP contribution in [0.1, 0.15) is 24.8 Å². The number of fused-ring (bicyclic) bond motifs is 1. The number of nitrogens with one attached hydrogen (secondary N) is 1. The molecule has 0 spiro atoms. The Morgan fingerprint density at radius 2 is 1.95 bits per heavy atom. The molecule has 3 rings (SSSR count). The maximum absolute atomic E-state index is 5.27. The maximum atomic E-state index is 5.27. The van der Waals surface area contributed by atoms with Gasteiger partial charge in [-0.1, -0.05) is 30.4 Å². The molecule has 1 N–H and O–H groups in total. The minimum atomic E-state index is 0.805. The minimum Gasteiger partial charge on any atom is -0.497 e. The molecule has 0 heterocycles. The van der Waals surface area contributed by atoms with Crippen LogP contribution in [0, 0.1) is 5.92 Å². The highest BCUT2D eigenvalue weighted by Gasteiger charge is 2.08. The van der Waals surface area contributed by atoms with Crippen LogP contribution >= 0.6 is 0 Å². The van der Waals surface area contributed by atoms with E-state index in [0.717, 1.165) is 24.8 Å². The van der Waals surface area contributed by atoms with Crippen molar-refractivity contribution < 1.29 is 4.74 Å². The standard InChI is InChI=1S/C19H23NO/c1-21-19-10-9-17-11-16(7-8-18(17)12-19)14-20-13-15-5-3-2-4-6-15/h2-3,7-12,15,20H,4-6,13-14H2,1H3. The molecule has 1 aliphatic carbocycles. The highest BCUT2D eigenvalue weighted by molar-refractivity contribution is 5.84. The Labute approximate surface area is 126 Å². The van der Waals surface area contributed by atoms with Crippen LogP contribution < -0.4 is 10.1 Å². The van der Waals surface area contributed by atoms with Crippen molar-refractivity contribution in [3.63, 3.8) is 0 Å². The van der Waals surface area contributed by atoms with E-state index in [4.69, 9.17) is 4.74 Å². The van der Waals surface area contributed by atoms with Gasteiger partial charge in [-0.2, -0.15) is 0 Å². The molecular weight excluding hydrogens is 258 g/mol. The number of hydrogen-bond acceptors (Lipinski definition) is 2. The summed E-state index contributed by atoms with van der Waals surface area (Å²) >= 11 is 0. The van der Waals surface area contributed by atoms with Crippen LogP contribution in [0.5, 0.6) is 5.75 Å². The summed E-state index contributed by atoms with van der Waals surface area (Å²) in [4.78, 5) is 0. The Kier molecular flexibility index (Phi) is 4.56. The van der Waals surface area contributed by atoms with Gasteiger partial charge >= 0.3 is 0 Å². The van der Waals surface area contributed by atoms with E-state index in [9.17, 15) is 0 Å². The Bertz CT molecular complexity index is 632. The van der Waals surface area contributed by atoms with Crippen LogP contribution in [0.2, 0.25) is 0 Å². The van der Waals surface area contributed by atoms with Crippen molar-refractivity contribution in [1.82, 2.24) is 5.32 Å². The van der Waals surface area contributed by atoms with Crippen LogP contribution in [0.3, 0.4) is 0 Å². The van der Waals surface area contributed by atoms with E-state index in [1.807, 2.05) is 6.07 Å². The van der Waals surface area contributed by atoms with Gasteiger partial charge in [-0.05, 0) is 66.3 Å². The van der Waals surface area contributed by atoms with Crippen molar-refractivity contribution in [2.75, 3.05) is 13.7 Å². The fraction of sp³-hybridized carbons (Fsp3) is 0.368. The highest BCUT2D eigenvalue weighted by atomic mass is 16.5. The first-order valence-electron chi connectivity index (χ1n) is 7.77. The van der Waals surface area contributed by atoms with Crippen LogP contribution in [0.4, 0.5) is 0 Å². The maximum Gasteiger partial charge on any atom is 0.119 e. The van der Waals surface area contributed by atoms with Crippen LogP contribution in [0.15, 0.2) is 48.6 Å². The van der Waals surface area contributed by atoms with E-state index < -0.39 is 0 Å². The minimum absolute atomic E-state index is 0.805. The molecule has 0 aromatic heterocycles. The fourth-order valence-electron chi connectivity index (χ4n) is 2.97. The zero-order valence-corrected chi connectivity index (χ0v) is 12.6.